The second-order valence-electron chi connectivity index (χ2n) is 6.10. The van der Waals surface area contributed by atoms with Gasteiger partial charge in [0.1, 0.15) is 11.4 Å². The molecular formula is C20H22ClN5O. The van der Waals surface area contributed by atoms with Gasteiger partial charge >= 0.3 is 0 Å². The first-order valence-corrected chi connectivity index (χ1v) is 9.08. The number of rotatable bonds is 6. The molecule has 3 aromatic rings. The minimum atomic E-state index is 0.502. The van der Waals surface area contributed by atoms with Crippen molar-refractivity contribution in [2.24, 2.45) is 4.99 Å². The van der Waals surface area contributed by atoms with Gasteiger partial charge in [0.25, 0.3) is 0 Å². The number of aryl methyl sites for hydroxylation is 1. The summed E-state index contributed by atoms with van der Waals surface area (Å²) in [5, 5.41) is 7.00. The van der Waals surface area contributed by atoms with E-state index in [1.807, 2.05) is 30.3 Å². The highest BCUT2D eigenvalue weighted by Gasteiger charge is 2.07. The smallest absolute Gasteiger partial charge is 0.226 e. The lowest BCUT2D eigenvalue weighted by Crippen LogP contribution is -2.37. The van der Waals surface area contributed by atoms with Crippen LogP contribution in [-0.4, -0.2) is 29.5 Å². The molecule has 0 aliphatic carbocycles. The Hall–Kier alpha value is -2.86. The normalized spacial score (nSPS) is 11.4. The summed E-state index contributed by atoms with van der Waals surface area (Å²) in [6.45, 7) is 3.31. The molecule has 7 heteroatoms. The summed E-state index contributed by atoms with van der Waals surface area (Å²) < 4.78 is 5.58. The van der Waals surface area contributed by atoms with Crippen LogP contribution in [0, 0.1) is 6.92 Å². The van der Waals surface area contributed by atoms with Crippen LogP contribution in [0.25, 0.3) is 11.5 Å². The number of nitrogens with zero attached hydrogens (tertiary/aromatic N) is 3. The van der Waals surface area contributed by atoms with E-state index in [0.29, 0.717) is 23.5 Å². The molecule has 0 saturated carbocycles. The molecule has 27 heavy (non-hydrogen) atoms. The highest BCUT2D eigenvalue weighted by atomic mass is 35.5. The molecule has 2 aromatic heterocycles. The van der Waals surface area contributed by atoms with Gasteiger partial charge in [-0.25, -0.2) is 9.97 Å². The third kappa shape index (κ3) is 5.56. The van der Waals surface area contributed by atoms with Crippen molar-refractivity contribution >= 4 is 17.6 Å². The summed E-state index contributed by atoms with van der Waals surface area (Å²) in [6.07, 6.45) is 4.27. The van der Waals surface area contributed by atoms with E-state index in [1.165, 1.54) is 5.56 Å². The molecule has 140 valence electrons. The number of halogens is 1. The lowest BCUT2D eigenvalue weighted by Gasteiger charge is -2.10. The first-order chi connectivity index (χ1) is 13.1. The molecule has 0 aliphatic rings. The van der Waals surface area contributed by atoms with Gasteiger partial charge in [0.05, 0.1) is 12.2 Å². The number of hydrogen-bond acceptors (Lipinski definition) is 4. The number of aromatic nitrogens is 2. The molecule has 0 atom stereocenters. The number of pyridine rings is 1. The summed E-state index contributed by atoms with van der Waals surface area (Å²) in [5.74, 6) is 1.32. The average molecular weight is 384 g/mol. The van der Waals surface area contributed by atoms with E-state index in [9.17, 15) is 0 Å². The molecule has 0 radical (unpaired) electrons. The highest BCUT2D eigenvalue weighted by Crippen LogP contribution is 2.18. The maximum atomic E-state index is 5.80. The van der Waals surface area contributed by atoms with Gasteiger partial charge in [0, 0.05) is 25.4 Å². The maximum absolute atomic E-state index is 5.80. The Labute approximate surface area is 163 Å². The lowest BCUT2D eigenvalue weighted by atomic mass is 10.1. The lowest BCUT2D eigenvalue weighted by molar-refractivity contribution is 0.572. The van der Waals surface area contributed by atoms with Crippen molar-refractivity contribution < 1.29 is 4.42 Å². The van der Waals surface area contributed by atoms with Crippen LogP contribution < -0.4 is 10.6 Å². The van der Waals surface area contributed by atoms with E-state index in [4.69, 9.17) is 16.0 Å². The number of aliphatic imine (C=N–C) groups is 1. The van der Waals surface area contributed by atoms with E-state index in [1.54, 1.807) is 25.6 Å². The minimum absolute atomic E-state index is 0.502. The maximum Gasteiger partial charge on any atom is 0.226 e. The zero-order chi connectivity index (χ0) is 19.1. The average Bonchev–Trinajstić information content (AvgIpc) is 3.15. The molecule has 0 bridgehead atoms. The van der Waals surface area contributed by atoms with Gasteiger partial charge < -0.3 is 15.1 Å². The topological polar surface area (TPSA) is 75.3 Å². The monoisotopic (exact) mass is 383 g/mol. The van der Waals surface area contributed by atoms with Crippen molar-refractivity contribution in [2.75, 3.05) is 13.6 Å². The fourth-order valence-corrected chi connectivity index (χ4v) is 2.60. The van der Waals surface area contributed by atoms with Crippen LogP contribution in [0.3, 0.4) is 0 Å². The quantitative estimate of drug-likeness (QED) is 0.386. The fourth-order valence-electron chi connectivity index (χ4n) is 2.49. The van der Waals surface area contributed by atoms with Gasteiger partial charge in [0.15, 0.2) is 5.96 Å². The van der Waals surface area contributed by atoms with Gasteiger partial charge in [-0.2, -0.15) is 0 Å². The Morgan fingerprint density at radius 2 is 1.96 bits per heavy atom. The molecular weight excluding hydrogens is 362 g/mol. The van der Waals surface area contributed by atoms with Crippen LogP contribution in [0.1, 0.15) is 16.8 Å². The minimum Gasteiger partial charge on any atom is -0.444 e. The summed E-state index contributed by atoms with van der Waals surface area (Å²) in [4.78, 5) is 12.8. The van der Waals surface area contributed by atoms with Gasteiger partial charge in [-0.15, -0.1) is 0 Å². The van der Waals surface area contributed by atoms with E-state index in [-0.39, 0.29) is 0 Å². The Morgan fingerprint density at radius 1 is 1.15 bits per heavy atom. The summed E-state index contributed by atoms with van der Waals surface area (Å²) in [7, 11) is 1.74. The number of oxazole rings is 1. The largest absolute Gasteiger partial charge is 0.444 e. The molecule has 2 N–H and O–H groups in total. The van der Waals surface area contributed by atoms with Gasteiger partial charge in [-0.3, -0.25) is 4.99 Å². The van der Waals surface area contributed by atoms with Crippen molar-refractivity contribution in [3.05, 3.63) is 70.8 Å². The predicted molar refractivity (Wildman–Crippen MR) is 108 cm³/mol. The van der Waals surface area contributed by atoms with Crippen molar-refractivity contribution in [3.63, 3.8) is 0 Å². The molecule has 0 amide bonds. The van der Waals surface area contributed by atoms with E-state index >= 15 is 0 Å². The van der Waals surface area contributed by atoms with Crippen LogP contribution in [0.5, 0.6) is 0 Å². The summed E-state index contributed by atoms with van der Waals surface area (Å²) in [5.41, 5.74) is 4.10. The Bertz CT molecular complexity index is 887. The van der Waals surface area contributed by atoms with Crippen LogP contribution in [0.4, 0.5) is 0 Å². The standard InChI is InChI=1S/C20H22ClN5O/c1-14-3-6-16(7-4-14)19-26-17(13-27-19)12-25-20(22-2)23-10-9-15-5-8-18(21)24-11-15/h3-8,11,13H,9-10,12H2,1-2H3,(H2,22,23,25). The van der Waals surface area contributed by atoms with Crippen LogP contribution in [0.15, 0.2) is 58.3 Å². The Morgan fingerprint density at radius 3 is 2.67 bits per heavy atom. The third-order valence-electron chi connectivity index (χ3n) is 4.01. The van der Waals surface area contributed by atoms with Crippen molar-refractivity contribution in [1.29, 1.82) is 0 Å². The summed E-state index contributed by atoms with van der Waals surface area (Å²) in [6, 6.07) is 11.9. The van der Waals surface area contributed by atoms with Gasteiger partial charge in [-0.1, -0.05) is 35.4 Å². The second kappa shape index (κ2) is 9.19. The predicted octanol–water partition coefficient (Wildman–Crippen LogP) is 3.61. The molecule has 1 aromatic carbocycles. The first-order valence-electron chi connectivity index (χ1n) is 8.70. The molecule has 0 spiro atoms. The molecule has 3 rings (SSSR count). The second-order valence-corrected chi connectivity index (χ2v) is 6.49. The first kappa shape index (κ1) is 18.9. The Balaban J connectivity index is 1.48. The number of hydrogen-bond donors (Lipinski definition) is 2. The molecule has 6 nitrogen and oxygen atoms in total. The van der Waals surface area contributed by atoms with Crippen LogP contribution >= 0.6 is 11.6 Å². The zero-order valence-corrected chi connectivity index (χ0v) is 16.1. The number of benzene rings is 1. The van der Waals surface area contributed by atoms with Gasteiger partial charge in [-0.05, 0) is 37.1 Å². The highest BCUT2D eigenvalue weighted by molar-refractivity contribution is 6.29. The van der Waals surface area contributed by atoms with Crippen molar-refractivity contribution in [1.82, 2.24) is 20.6 Å². The zero-order valence-electron chi connectivity index (χ0n) is 15.4. The third-order valence-corrected chi connectivity index (χ3v) is 4.23. The van der Waals surface area contributed by atoms with E-state index in [0.717, 1.165) is 29.8 Å². The number of guanidine groups is 1. The van der Waals surface area contributed by atoms with Crippen LogP contribution in [-0.2, 0) is 13.0 Å². The SMILES string of the molecule is CN=C(NCCc1ccc(Cl)nc1)NCc1coc(-c2ccc(C)cc2)n1. The van der Waals surface area contributed by atoms with Gasteiger partial charge in [0.2, 0.25) is 5.89 Å². The van der Waals surface area contributed by atoms with E-state index < -0.39 is 0 Å². The molecule has 2 heterocycles. The molecule has 0 unspecified atom stereocenters. The molecule has 0 fully saturated rings. The number of nitrogens with one attached hydrogen (secondary N) is 2. The van der Waals surface area contributed by atoms with E-state index in [2.05, 4.69) is 32.5 Å². The van der Waals surface area contributed by atoms with Crippen molar-refractivity contribution in [2.45, 2.75) is 19.9 Å². The van der Waals surface area contributed by atoms with Crippen molar-refractivity contribution in [3.8, 4) is 11.5 Å². The molecule has 0 saturated heterocycles. The fraction of sp³-hybridized carbons (Fsp3) is 0.250. The Kier molecular flexibility index (Phi) is 6.44. The summed E-state index contributed by atoms with van der Waals surface area (Å²) >= 11 is 5.80. The molecule has 0 aliphatic heterocycles. The van der Waals surface area contributed by atoms with Crippen LogP contribution in [0.2, 0.25) is 5.15 Å².